The van der Waals surface area contributed by atoms with Crippen LogP contribution in [-0.2, 0) is 19.9 Å². The molecule has 1 N–H and O–H groups in total. The summed E-state index contributed by atoms with van der Waals surface area (Å²) in [6, 6.07) is 3.84. The van der Waals surface area contributed by atoms with Gasteiger partial charge in [-0.15, -0.1) is 0 Å². The summed E-state index contributed by atoms with van der Waals surface area (Å²) in [6.45, 7) is 2.01. The quantitative estimate of drug-likeness (QED) is 0.814. The van der Waals surface area contributed by atoms with Gasteiger partial charge in [0.1, 0.15) is 0 Å². The van der Waals surface area contributed by atoms with Crippen molar-refractivity contribution < 1.29 is 16.8 Å². The van der Waals surface area contributed by atoms with Gasteiger partial charge in [-0.25, -0.2) is 21.6 Å². The topological polar surface area (TPSA) is 80.3 Å². The van der Waals surface area contributed by atoms with E-state index in [2.05, 4.69) is 20.7 Å². The van der Waals surface area contributed by atoms with Crippen LogP contribution in [-0.4, -0.2) is 40.6 Å². The summed E-state index contributed by atoms with van der Waals surface area (Å²) in [5, 5.41) is 0. The maximum absolute atomic E-state index is 12.4. The summed E-state index contributed by atoms with van der Waals surface area (Å²) in [5.74, 6) is 1.96. The minimum Gasteiger partial charge on any atom is -0.224 e. The Labute approximate surface area is 138 Å². The van der Waals surface area contributed by atoms with Crippen LogP contribution in [0.1, 0.15) is 6.92 Å². The van der Waals surface area contributed by atoms with Gasteiger partial charge >= 0.3 is 0 Å². The van der Waals surface area contributed by atoms with Crippen LogP contribution < -0.4 is 4.72 Å². The molecule has 5 nitrogen and oxygen atoms in total. The van der Waals surface area contributed by atoms with E-state index in [9.17, 15) is 16.8 Å². The molecule has 0 spiro atoms. The minimum absolute atomic E-state index is 0.0546. The Bertz CT molecular complexity index is 746. The number of benzene rings is 1. The van der Waals surface area contributed by atoms with Crippen LogP contribution in [0.25, 0.3) is 0 Å². The molecule has 2 unspecified atom stereocenters. The largest absolute Gasteiger partial charge is 0.241 e. The Morgan fingerprint density at radius 2 is 1.90 bits per heavy atom. The molecular formula is C12H16BrNO4S3. The first-order valence-electron chi connectivity index (χ1n) is 6.21. The van der Waals surface area contributed by atoms with Crippen molar-refractivity contribution in [2.45, 2.75) is 22.8 Å². The standard InChI is InChI=1S/C12H16BrNO4S3/c1-8-6-19-7-11(8)14-21(17,18)12-4-3-9(5-10(12)13)20(2,15)16/h3-5,8,11,14H,6-7H2,1-2H3. The van der Waals surface area contributed by atoms with E-state index in [0.29, 0.717) is 0 Å². The van der Waals surface area contributed by atoms with Crippen molar-refractivity contribution in [3.63, 3.8) is 0 Å². The number of nitrogens with one attached hydrogen (secondary N) is 1. The van der Waals surface area contributed by atoms with Gasteiger partial charge in [-0.1, -0.05) is 6.92 Å². The lowest BCUT2D eigenvalue weighted by Gasteiger charge is -2.17. The van der Waals surface area contributed by atoms with Crippen molar-refractivity contribution >= 4 is 47.6 Å². The van der Waals surface area contributed by atoms with Gasteiger partial charge < -0.3 is 0 Å². The van der Waals surface area contributed by atoms with Gasteiger partial charge in [0, 0.05) is 22.5 Å². The molecular weight excluding hydrogens is 398 g/mol. The second kappa shape index (κ2) is 6.19. The number of sulfonamides is 1. The summed E-state index contributed by atoms with van der Waals surface area (Å²) >= 11 is 4.87. The van der Waals surface area contributed by atoms with Gasteiger partial charge in [0.05, 0.1) is 9.79 Å². The van der Waals surface area contributed by atoms with E-state index in [1.54, 1.807) is 11.8 Å². The smallest absolute Gasteiger partial charge is 0.224 e. The highest BCUT2D eigenvalue weighted by molar-refractivity contribution is 9.10. The van der Waals surface area contributed by atoms with Crippen molar-refractivity contribution in [1.82, 2.24) is 4.72 Å². The Morgan fingerprint density at radius 1 is 1.24 bits per heavy atom. The Hall–Kier alpha value is -0.0900. The molecule has 1 aliphatic heterocycles. The molecule has 1 saturated heterocycles. The average molecular weight is 414 g/mol. The molecule has 2 rings (SSSR count). The molecule has 0 aliphatic carbocycles. The maximum atomic E-state index is 12.4. The number of thioether (sulfide) groups is 1. The van der Waals surface area contributed by atoms with Gasteiger partial charge in [-0.05, 0) is 45.8 Å². The second-order valence-corrected chi connectivity index (χ2v) is 10.7. The van der Waals surface area contributed by atoms with Crippen LogP contribution in [0.5, 0.6) is 0 Å². The van der Waals surface area contributed by atoms with E-state index in [4.69, 9.17) is 0 Å². The maximum Gasteiger partial charge on any atom is 0.241 e. The van der Waals surface area contributed by atoms with Gasteiger partial charge in [-0.3, -0.25) is 0 Å². The SMILES string of the molecule is CC1CSCC1NS(=O)(=O)c1ccc(S(C)(=O)=O)cc1Br. The highest BCUT2D eigenvalue weighted by atomic mass is 79.9. The first-order chi connectivity index (χ1) is 9.61. The van der Waals surface area contributed by atoms with Gasteiger partial charge in [0.2, 0.25) is 10.0 Å². The fourth-order valence-electron chi connectivity index (χ4n) is 2.00. The summed E-state index contributed by atoms with van der Waals surface area (Å²) in [5.41, 5.74) is 0. The molecule has 1 aliphatic rings. The summed E-state index contributed by atoms with van der Waals surface area (Å²) < 4.78 is 50.7. The van der Waals surface area contributed by atoms with Crippen molar-refractivity contribution in [3.05, 3.63) is 22.7 Å². The van der Waals surface area contributed by atoms with Gasteiger partial charge in [0.25, 0.3) is 0 Å². The van der Waals surface area contributed by atoms with Crippen LogP contribution in [0.3, 0.4) is 0 Å². The number of sulfone groups is 1. The predicted octanol–water partition coefficient (Wildman–Crippen LogP) is 1.88. The number of hydrogen-bond donors (Lipinski definition) is 1. The molecule has 1 fully saturated rings. The molecule has 1 aromatic carbocycles. The van der Waals surface area contributed by atoms with E-state index >= 15 is 0 Å². The lowest BCUT2D eigenvalue weighted by molar-refractivity contribution is 0.502. The molecule has 0 bridgehead atoms. The van der Waals surface area contributed by atoms with E-state index < -0.39 is 19.9 Å². The third-order valence-electron chi connectivity index (χ3n) is 3.29. The predicted molar refractivity (Wildman–Crippen MR) is 87.9 cm³/mol. The Kier molecular flexibility index (Phi) is 5.09. The zero-order valence-electron chi connectivity index (χ0n) is 11.5. The molecule has 0 saturated carbocycles. The van der Waals surface area contributed by atoms with Crippen LogP contribution in [0.15, 0.2) is 32.5 Å². The fraction of sp³-hybridized carbons (Fsp3) is 0.500. The van der Waals surface area contributed by atoms with Crippen LogP contribution in [0.4, 0.5) is 0 Å². The zero-order valence-corrected chi connectivity index (χ0v) is 15.6. The zero-order chi connectivity index (χ0) is 15.8. The molecule has 21 heavy (non-hydrogen) atoms. The highest BCUT2D eigenvalue weighted by Crippen LogP contribution is 2.28. The molecule has 2 atom stereocenters. The van der Waals surface area contributed by atoms with Crippen molar-refractivity contribution in [1.29, 1.82) is 0 Å². The van der Waals surface area contributed by atoms with E-state index in [-0.39, 0.29) is 26.2 Å². The van der Waals surface area contributed by atoms with Crippen molar-refractivity contribution in [2.24, 2.45) is 5.92 Å². The van der Waals surface area contributed by atoms with Gasteiger partial charge in [-0.2, -0.15) is 11.8 Å². The van der Waals surface area contributed by atoms with E-state index in [1.165, 1.54) is 18.2 Å². The molecule has 1 heterocycles. The first-order valence-corrected chi connectivity index (χ1v) is 11.5. The second-order valence-electron chi connectivity index (χ2n) is 5.11. The van der Waals surface area contributed by atoms with Crippen molar-refractivity contribution in [2.75, 3.05) is 17.8 Å². The molecule has 118 valence electrons. The van der Waals surface area contributed by atoms with Crippen LogP contribution in [0, 0.1) is 5.92 Å². The van der Waals surface area contributed by atoms with Crippen LogP contribution in [0.2, 0.25) is 0 Å². The lowest BCUT2D eigenvalue weighted by Crippen LogP contribution is -2.38. The number of hydrogen-bond acceptors (Lipinski definition) is 5. The normalized spacial score (nSPS) is 23.4. The first kappa shape index (κ1) is 17.3. The Balaban J connectivity index is 2.32. The lowest BCUT2D eigenvalue weighted by atomic mass is 10.1. The molecule has 0 aromatic heterocycles. The molecule has 9 heteroatoms. The molecule has 1 aromatic rings. The number of halogens is 1. The third-order valence-corrected chi connectivity index (χ3v) is 8.23. The number of rotatable bonds is 4. The Morgan fingerprint density at radius 3 is 2.38 bits per heavy atom. The minimum atomic E-state index is -3.67. The van der Waals surface area contributed by atoms with E-state index in [0.717, 1.165) is 17.8 Å². The van der Waals surface area contributed by atoms with Crippen LogP contribution >= 0.6 is 27.7 Å². The average Bonchev–Trinajstić information content (AvgIpc) is 2.72. The monoisotopic (exact) mass is 413 g/mol. The summed E-state index contributed by atoms with van der Waals surface area (Å²) in [7, 11) is -7.04. The highest BCUT2D eigenvalue weighted by Gasteiger charge is 2.30. The fourth-order valence-corrected chi connectivity index (χ4v) is 6.74. The summed E-state index contributed by atoms with van der Waals surface area (Å²) in [4.78, 5) is 0.136. The molecule has 0 radical (unpaired) electrons. The third kappa shape index (κ3) is 4.01. The van der Waals surface area contributed by atoms with E-state index in [1.807, 2.05) is 6.92 Å². The van der Waals surface area contributed by atoms with Gasteiger partial charge in [0.15, 0.2) is 9.84 Å². The molecule has 0 amide bonds. The summed E-state index contributed by atoms with van der Waals surface area (Å²) in [6.07, 6.45) is 1.08. The van der Waals surface area contributed by atoms with Crippen molar-refractivity contribution in [3.8, 4) is 0 Å².